The lowest BCUT2D eigenvalue weighted by Crippen LogP contribution is -2.18. The minimum atomic E-state index is -4.17. The third-order valence-electron chi connectivity index (χ3n) is 4.44. The number of methoxy groups -OCH3 is 1. The van der Waals surface area contributed by atoms with Crippen LogP contribution in [0.5, 0.6) is 11.5 Å². The van der Waals surface area contributed by atoms with Gasteiger partial charge < -0.3 is 8.92 Å². The first-order valence-electron chi connectivity index (χ1n) is 9.42. The van der Waals surface area contributed by atoms with Crippen molar-refractivity contribution in [2.75, 3.05) is 7.11 Å². The lowest BCUT2D eigenvalue weighted by molar-refractivity contribution is 0.390. The first-order chi connectivity index (χ1) is 15.1. The monoisotopic (exact) mass is 474 g/mol. The molecule has 0 aliphatic heterocycles. The number of para-hydroxylation sites is 1. The summed E-state index contributed by atoms with van der Waals surface area (Å²) in [5.74, 6) is 0.0277. The molecule has 3 aromatic carbocycles. The third-order valence-corrected chi connectivity index (χ3v) is 6.91. The molecule has 0 unspecified atom stereocenters. The van der Waals surface area contributed by atoms with Crippen LogP contribution < -0.4 is 13.8 Å². The maximum atomic E-state index is 12.7. The molecule has 168 valence electrons. The lowest BCUT2D eigenvalue weighted by atomic mass is 10.2. The van der Waals surface area contributed by atoms with Gasteiger partial charge in [0.1, 0.15) is 4.90 Å². The van der Waals surface area contributed by atoms with Crippen molar-refractivity contribution in [2.45, 2.75) is 23.6 Å². The van der Waals surface area contributed by atoms with Crippen LogP contribution in [0.4, 0.5) is 0 Å². The molecule has 0 spiro atoms. The van der Waals surface area contributed by atoms with Gasteiger partial charge in [0.05, 0.1) is 18.2 Å². The van der Waals surface area contributed by atoms with Crippen molar-refractivity contribution in [3.63, 3.8) is 0 Å². The molecule has 8 nitrogen and oxygen atoms in total. The van der Waals surface area contributed by atoms with Crippen LogP contribution in [0.25, 0.3) is 0 Å². The molecule has 1 N–H and O–H groups in total. The zero-order valence-electron chi connectivity index (χ0n) is 17.6. The van der Waals surface area contributed by atoms with Crippen LogP contribution in [0.3, 0.4) is 0 Å². The van der Waals surface area contributed by atoms with E-state index >= 15 is 0 Å². The number of aryl methyl sites for hydroxylation is 2. The number of nitrogens with zero attached hydrogens (tertiary/aromatic N) is 1. The van der Waals surface area contributed by atoms with Crippen molar-refractivity contribution in [2.24, 2.45) is 5.10 Å². The fourth-order valence-corrected chi connectivity index (χ4v) is 4.44. The molecule has 0 fully saturated rings. The number of sulfonamides is 1. The predicted molar refractivity (Wildman–Crippen MR) is 121 cm³/mol. The van der Waals surface area contributed by atoms with Crippen LogP contribution in [0.2, 0.25) is 0 Å². The summed E-state index contributed by atoms with van der Waals surface area (Å²) in [6, 6.07) is 17.1. The molecular weight excluding hydrogens is 452 g/mol. The summed E-state index contributed by atoms with van der Waals surface area (Å²) in [5, 5.41) is 3.77. The Kier molecular flexibility index (Phi) is 6.85. The molecule has 0 aromatic heterocycles. The van der Waals surface area contributed by atoms with Gasteiger partial charge in [-0.25, -0.2) is 4.83 Å². The molecule has 0 saturated heterocycles. The molecule has 32 heavy (non-hydrogen) atoms. The first kappa shape index (κ1) is 23.3. The van der Waals surface area contributed by atoms with Crippen molar-refractivity contribution >= 4 is 26.4 Å². The molecule has 10 heteroatoms. The van der Waals surface area contributed by atoms with Crippen LogP contribution in [0.15, 0.2) is 81.6 Å². The van der Waals surface area contributed by atoms with Gasteiger partial charge in [0.2, 0.25) is 0 Å². The van der Waals surface area contributed by atoms with Gasteiger partial charge in [-0.3, -0.25) is 0 Å². The van der Waals surface area contributed by atoms with Gasteiger partial charge in [-0.15, -0.1) is 0 Å². The highest BCUT2D eigenvalue weighted by Crippen LogP contribution is 2.32. The maximum absolute atomic E-state index is 12.7. The summed E-state index contributed by atoms with van der Waals surface area (Å²) in [4.78, 5) is 2.12. The highest BCUT2D eigenvalue weighted by atomic mass is 32.2. The lowest BCUT2D eigenvalue weighted by Gasteiger charge is -2.13. The van der Waals surface area contributed by atoms with Crippen LogP contribution in [0, 0.1) is 13.8 Å². The number of hydrogen-bond acceptors (Lipinski definition) is 7. The summed E-state index contributed by atoms with van der Waals surface area (Å²) in [5.41, 5.74) is 2.02. The van der Waals surface area contributed by atoms with E-state index in [4.69, 9.17) is 8.92 Å². The predicted octanol–water partition coefficient (Wildman–Crippen LogP) is 3.39. The summed E-state index contributed by atoms with van der Waals surface area (Å²) < 4.78 is 60.9. The van der Waals surface area contributed by atoms with Gasteiger partial charge in [-0.2, -0.15) is 21.9 Å². The van der Waals surface area contributed by atoms with Crippen LogP contribution in [-0.4, -0.2) is 30.2 Å². The summed E-state index contributed by atoms with van der Waals surface area (Å²) in [6.45, 7) is 3.68. The highest BCUT2D eigenvalue weighted by molar-refractivity contribution is 7.89. The standard InChI is InChI=1S/C22H22N2O6S2/c1-16-7-11-19(12-8-16)31(25,26)24-23-15-18-5-4-6-21(29-3)22(18)30-32(27,28)20-13-9-17(2)10-14-20/h4-15,24H,1-3H3/b23-15+. The molecule has 3 aromatic rings. The van der Waals surface area contributed by atoms with Crippen molar-refractivity contribution < 1.29 is 25.8 Å². The Morgan fingerprint density at radius 2 is 1.38 bits per heavy atom. The van der Waals surface area contributed by atoms with Crippen LogP contribution in [0.1, 0.15) is 16.7 Å². The van der Waals surface area contributed by atoms with E-state index < -0.39 is 20.1 Å². The van der Waals surface area contributed by atoms with E-state index in [0.29, 0.717) is 0 Å². The van der Waals surface area contributed by atoms with Crippen molar-refractivity contribution in [3.05, 3.63) is 83.4 Å². The fourth-order valence-electron chi connectivity index (χ4n) is 2.68. The molecule has 0 radical (unpaired) electrons. The highest BCUT2D eigenvalue weighted by Gasteiger charge is 2.21. The number of hydrazone groups is 1. The molecule has 0 aliphatic rings. The fraction of sp³-hybridized carbons (Fsp3) is 0.136. The zero-order chi connectivity index (χ0) is 23.4. The minimum Gasteiger partial charge on any atom is -0.493 e. The largest absolute Gasteiger partial charge is 0.493 e. The molecule has 0 aliphatic carbocycles. The molecule has 0 saturated carbocycles. The summed E-state index contributed by atoms with van der Waals surface area (Å²) in [6.07, 6.45) is 1.15. The van der Waals surface area contributed by atoms with Gasteiger partial charge in [0.15, 0.2) is 11.5 Å². The van der Waals surface area contributed by atoms with E-state index in [1.165, 1.54) is 43.5 Å². The van der Waals surface area contributed by atoms with Crippen LogP contribution >= 0.6 is 0 Å². The second-order valence-corrected chi connectivity index (χ2v) is 10.1. The van der Waals surface area contributed by atoms with Gasteiger partial charge in [-0.1, -0.05) is 41.5 Å². The maximum Gasteiger partial charge on any atom is 0.339 e. The van der Waals surface area contributed by atoms with Gasteiger partial charge in [0.25, 0.3) is 10.0 Å². The molecular formula is C22H22N2O6S2. The van der Waals surface area contributed by atoms with Crippen molar-refractivity contribution in [1.29, 1.82) is 0 Å². The SMILES string of the molecule is COc1cccc(/C=N/NS(=O)(=O)c2ccc(C)cc2)c1OS(=O)(=O)c1ccc(C)cc1. The third kappa shape index (κ3) is 5.45. The second kappa shape index (κ2) is 9.41. The average Bonchev–Trinajstić information content (AvgIpc) is 2.75. The van der Waals surface area contributed by atoms with Gasteiger partial charge in [-0.05, 0) is 50.2 Å². The first-order valence-corrected chi connectivity index (χ1v) is 12.3. The molecule has 0 bridgehead atoms. The number of rotatable bonds is 8. The second-order valence-electron chi connectivity index (χ2n) is 6.90. The Bertz CT molecular complexity index is 1330. The number of ether oxygens (including phenoxy) is 1. The van der Waals surface area contributed by atoms with Crippen LogP contribution in [-0.2, 0) is 20.1 Å². The summed E-state index contributed by atoms with van der Waals surface area (Å²) in [7, 11) is -6.70. The normalized spacial score (nSPS) is 12.0. The topological polar surface area (TPSA) is 111 Å². The van der Waals surface area contributed by atoms with E-state index in [-0.39, 0.29) is 26.9 Å². The minimum absolute atomic E-state index is 0.0306. The van der Waals surface area contributed by atoms with E-state index in [1.54, 1.807) is 30.3 Å². The molecule has 0 atom stereocenters. The smallest absolute Gasteiger partial charge is 0.339 e. The molecule has 0 amide bonds. The number of benzene rings is 3. The zero-order valence-corrected chi connectivity index (χ0v) is 19.3. The Morgan fingerprint density at radius 3 is 1.94 bits per heavy atom. The van der Waals surface area contributed by atoms with Gasteiger partial charge in [0, 0.05) is 5.56 Å². The molecule has 3 rings (SSSR count). The Hall–Kier alpha value is -3.37. The quantitative estimate of drug-likeness (QED) is 0.304. The van der Waals surface area contributed by atoms with E-state index in [0.717, 1.165) is 17.3 Å². The van der Waals surface area contributed by atoms with Crippen molar-refractivity contribution in [3.8, 4) is 11.5 Å². The molecule has 0 heterocycles. The van der Waals surface area contributed by atoms with E-state index in [2.05, 4.69) is 9.93 Å². The Balaban J connectivity index is 1.89. The van der Waals surface area contributed by atoms with Crippen molar-refractivity contribution in [1.82, 2.24) is 4.83 Å². The number of hydrogen-bond donors (Lipinski definition) is 1. The van der Waals surface area contributed by atoms with E-state index in [9.17, 15) is 16.8 Å². The summed E-state index contributed by atoms with van der Waals surface area (Å²) >= 11 is 0. The Morgan fingerprint density at radius 1 is 0.812 bits per heavy atom. The van der Waals surface area contributed by atoms with Gasteiger partial charge >= 0.3 is 10.1 Å². The van der Waals surface area contributed by atoms with E-state index in [1.807, 2.05) is 13.8 Å². The number of nitrogens with one attached hydrogen (secondary N) is 1. The Labute approximate surface area is 187 Å². The average molecular weight is 475 g/mol.